The monoisotopic (exact) mass is 257 g/mol. The minimum absolute atomic E-state index is 0.737. The van der Waals surface area contributed by atoms with Gasteiger partial charge in [0.15, 0.2) is 0 Å². The Kier molecular flexibility index (Phi) is 4.98. The molecule has 14 heavy (non-hydrogen) atoms. The Morgan fingerprint density at radius 3 is 2.86 bits per heavy atom. The first-order valence-electron chi connectivity index (χ1n) is 4.83. The quantitative estimate of drug-likeness (QED) is 0.824. The molecule has 78 valence electrons. The molecule has 3 heteroatoms. The zero-order valence-electron chi connectivity index (χ0n) is 8.42. The van der Waals surface area contributed by atoms with Crippen molar-refractivity contribution in [2.45, 2.75) is 19.8 Å². The van der Waals surface area contributed by atoms with E-state index in [0.717, 1.165) is 36.2 Å². The molecule has 0 heterocycles. The normalized spacial score (nSPS) is 10.2. The van der Waals surface area contributed by atoms with Crippen molar-refractivity contribution >= 4 is 15.9 Å². The Morgan fingerprint density at radius 2 is 2.14 bits per heavy atom. The van der Waals surface area contributed by atoms with Crippen LogP contribution in [0.3, 0.4) is 0 Å². The van der Waals surface area contributed by atoms with Gasteiger partial charge in [-0.05, 0) is 44.0 Å². The van der Waals surface area contributed by atoms with E-state index in [2.05, 4.69) is 15.9 Å². The molecule has 1 aromatic carbocycles. The average Bonchev–Trinajstić information content (AvgIpc) is 2.18. The smallest absolute Gasteiger partial charge is 0.123 e. The fraction of sp³-hybridized carbons (Fsp3) is 0.455. The van der Waals surface area contributed by atoms with Crippen LogP contribution in [0, 0.1) is 6.92 Å². The summed E-state index contributed by atoms with van der Waals surface area (Å²) in [5.74, 6) is 0.955. The molecule has 0 bridgehead atoms. The number of hydrogen-bond acceptors (Lipinski definition) is 2. The SMILES string of the molecule is Cc1ccc(Br)cc1OCCCCN. The van der Waals surface area contributed by atoms with Crippen molar-refractivity contribution in [3.05, 3.63) is 28.2 Å². The summed E-state index contributed by atoms with van der Waals surface area (Å²) in [7, 11) is 0. The van der Waals surface area contributed by atoms with Crippen LogP contribution in [0.15, 0.2) is 22.7 Å². The van der Waals surface area contributed by atoms with E-state index in [4.69, 9.17) is 10.5 Å². The third kappa shape index (κ3) is 3.68. The number of benzene rings is 1. The fourth-order valence-electron chi connectivity index (χ4n) is 1.16. The summed E-state index contributed by atoms with van der Waals surface area (Å²) in [5.41, 5.74) is 6.57. The number of aryl methyl sites for hydroxylation is 1. The Bertz CT molecular complexity index is 289. The molecule has 2 nitrogen and oxygen atoms in total. The zero-order chi connectivity index (χ0) is 10.4. The van der Waals surface area contributed by atoms with Crippen LogP contribution in [-0.4, -0.2) is 13.2 Å². The van der Waals surface area contributed by atoms with Gasteiger partial charge in [-0.15, -0.1) is 0 Å². The van der Waals surface area contributed by atoms with Crippen LogP contribution >= 0.6 is 15.9 Å². The summed E-state index contributed by atoms with van der Waals surface area (Å²) in [4.78, 5) is 0. The minimum atomic E-state index is 0.737. The van der Waals surface area contributed by atoms with Crippen molar-refractivity contribution in [2.75, 3.05) is 13.2 Å². The first-order valence-corrected chi connectivity index (χ1v) is 5.62. The molecule has 1 aromatic rings. The number of nitrogens with two attached hydrogens (primary N) is 1. The Balaban J connectivity index is 2.45. The van der Waals surface area contributed by atoms with Crippen molar-refractivity contribution < 1.29 is 4.74 Å². The molecular formula is C11H16BrNO. The van der Waals surface area contributed by atoms with Crippen LogP contribution in [0.4, 0.5) is 0 Å². The highest BCUT2D eigenvalue weighted by Gasteiger charge is 1.99. The number of halogens is 1. The van der Waals surface area contributed by atoms with E-state index in [1.807, 2.05) is 25.1 Å². The highest BCUT2D eigenvalue weighted by Crippen LogP contribution is 2.22. The largest absolute Gasteiger partial charge is 0.493 e. The average molecular weight is 258 g/mol. The van der Waals surface area contributed by atoms with Crippen LogP contribution in [-0.2, 0) is 0 Å². The van der Waals surface area contributed by atoms with Crippen molar-refractivity contribution in [2.24, 2.45) is 5.73 Å². The molecule has 0 radical (unpaired) electrons. The second-order valence-electron chi connectivity index (χ2n) is 3.25. The van der Waals surface area contributed by atoms with E-state index in [1.54, 1.807) is 0 Å². The molecule has 0 saturated heterocycles. The summed E-state index contributed by atoms with van der Waals surface area (Å²) in [6, 6.07) is 6.06. The number of ether oxygens (including phenoxy) is 1. The third-order valence-corrected chi connectivity index (χ3v) is 2.50. The molecule has 0 unspecified atom stereocenters. The number of hydrogen-bond donors (Lipinski definition) is 1. The first kappa shape index (κ1) is 11.5. The van der Waals surface area contributed by atoms with Gasteiger partial charge in [-0.1, -0.05) is 22.0 Å². The molecule has 0 aliphatic rings. The van der Waals surface area contributed by atoms with Crippen LogP contribution < -0.4 is 10.5 Å². The van der Waals surface area contributed by atoms with Crippen LogP contribution in [0.2, 0.25) is 0 Å². The van der Waals surface area contributed by atoms with Gasteiger partial charge in [0.05, 0.1) is 6.61 Å². The highest BCUT2D eigenvalue weighted by atomic mass is 79.9. The summed E-state index contributed by atoms with van der Waals surface area (Å²) in [6.07, 6.45) is 2.04. The number of rotatable bonds is 5. The summed E-state index contributed by atoms with van der Waals surface area (Å²) >= 11 is 3.42. The van der Waals surface area contributed by atoms with Gasteiger partial charge >= 0.3 is 0 Å². The zero-order valence-corrected chi connectivity index (χ0v) is 10.0. The molecule has 0 fully saturated rings. The highest BCUT2D eigenvalue weighted by molar-refractivity contribution is 9.10. The molecular weight excluding hydrogens is 242 g/mol. The fourth-order valence-corrected chi connectivity index (χ4v) is 1.50. The van der Waals surface area contributed by atoms with Crippen molar-refractivity contribution in [3.63, 3.8) is 0 Å². The van der Waals surface area contributed by atoms with E-state index < -0.39 is 0 Å². The maximum Gasteiger partial charge on any atom is 0.123 e. The Hall–Kier alpha value is -0.540. The van der Waals surface area contributed by atoms with Gasteiger partial charge < -0.3 is 10.5 Å². The summed E-state index contributed by atoms with van der Waals surface area (Å²) < 4.78 is 6.69. The van der Waals surface area contributed by atoms with Crippen molar-refractivity contribution in [1.82, 2.24) is 0 Å². The van der Waals surface area contributed by atoms with Crippen LogP contribution in [0.25, 0.3) is 0 Å². The standard InChI is InChI=1S/C11H16BrNO/c1-9-4-5-10(12)8-11(9)14-7-3-2-6-13/h4-5,8H,2-3,6-7,13H2,1H3. The lowest BCUT2D eigenvalue weighted by Gasteiger charge is -2.08. The minimum Gasteiger partial charge on any atom is -0.493 e. The van der Waals surface area contributed by atoms with Gasteiger partial charge in [-0.3, -0.25) is 0 Å². The van der Waals surface area contributed by atoms with Crippen molar-refractivity contribution in [3.8, 4) is 5.75 Å². The molecule has 0 aliphatic heterocycles. The summed E-state index contributed by atoms with van der Waals surface area (Å²) in [5, 5.41) is 0. The van der Waals surface area contributed by atoms with Gasteiger partial charge in [0.2, 0.25) is 0 Å². The molecule has 0 amide bonds. The molecule has 1 rings (SSSR count). The van der Waals surface area contributed by atoms with Gasteiger partial charge in [0, 0.05) is 4.47 Å². The maximum atomic E-state index is 5.63. The number of unbranched alkanes of at least 4 members (excludes halogenated alkanes) is 1. The van der Waals surface area contributed by atoms with Crippen molar-refractivity contribution in [1.29, 1.82) is 0 Å². The third-order valence-electron chi connectivity index (χ3n) is 2.01. The maximum absolute atomic E-state index is 5.63. The molecule has 2 N–H and O–H groups in total. The van der Waals surface area contributed by atoms with Gasteiger partial charge in [0.25, 0.3) is 0 Å². The predicted octanol–water partition coefficient (Wildman–Crippen LogP) is 2.88. The van der Waals surface area contributed by atoms with Crippen LogP contribution in [0.1, 0.15) is 18.4 Å². The Morgan fingerprint density at radius 1 is 1.36 bits per heavy atom. The lowest BCUT2D eigenvalue weighted by molar-refractivity contribution is 0.305. The molecule has 0 saturated carbocycles. The second-order valence-corrected chi connectivity index (χ2v) is 4.17. The summed E-state index contributed by atoms with van der Waals surface area (Å²) in [6.45, 7) is 3.53. The van der Waals surface area contributed by atoms with Gasteiger partial charge in [-0.25, -0.2) is 0 Å². The van der Waals surface area contributed by atoms with E-state index >= 15 is 0 Å². The van der Waals surface area contributed by atoms with E-state index in [1.165, 1.54) is 5.56 Å². The lowest BCUT2D eigenvalue weighted by Crippen LogP contribution is -2.03. The first-order chi connectivity index (χ1) is 6.74. The Labute approximate surface area is 93.6 Å². The van der Waals surface area contributed by atoms with Gasteiger partial charge in [-0.2, -0.15) is 0 Å². The molecule has 0 aliphatic carbocycles. The molecule has 0 aromatic heterocycles. The van der Waals surface area contributed by atoms with E-state index in [9.17, 15) is 0 Å². The van der Waals surface area contributed by atoms with Crippen LogP contribution in [0.5, 0.6) is 5.75 Å². The van der Waals surface area contributed by atoms with E-state index in [-0.39, 0.29) is 0 Å². The molecule has 0 spiro atoms. The van der Waals surface area contributed by atoms with Gasteiger partial charge in [0.1, 0.15) is 5.75 Å². The predicted molar refractivity (Wildman–Crippen MR) is 62.7 cm³/mol. The second kappa shape index (κ2) is 6.04. The topological polar surface area (TPSA) is 35.2 Å². The lowest BCUT2D eigenvalue weighted by atomic mass is 10.2. The van der Waals surface area contributed by atoms with E-state index in [0.29, 0.717) is 0 Å². The molecule has 0 atom stereocenters.